The zero-order valence-corrected chi connectivity index (χ0v) is 21.5. The number of aromatic nitrogens is 2. The van der Waals surface area contributed by atoms with E-state index in [9.17, 15) is 14.4 Å². The molecule has 0 N–H and O–H groups in total. The summed E-state index contributed by atoms with van der Waals surface area (Å²) in [5.74, 6) is 0.122. The van der Waals surface area contributed by atoms with Crippen LogP contribution >= 0.6 is 71.0 Å². The van der Waals surface area contributed by atoms with Gasteiger partial charge in [-0.05, 0) is 54.9 Å². The van der Waals surface area contributed by atoms with Crippen molar-refractivity contribution < 1.29 is 14.4 Å². The van der Waals surface area contributed by atoms with Crippen molar-refractivity contribution in [1.29, 1.82) is 0 Å². The molecule has 0 fully saturated rings. The van der Waals surface area contributed by atoms with Gasteiger partial charge in [-0.2, -0.15) is 0 Å². The lowest BCUT2D eigenvalue weighted by molar-refractivity contribution is -0.116. The number of fused-ring (bicyclic) bond motifs is 1. The maximum atomic E-state index is 11.1. The minimum atomic E-state index is -0.0234. The molecule has 1 atom stereocenters. The van der Waals surface area contributed by atoms with Crippen molar-refractivity contribution in [3.8, 4) is 0 Å². The average molecular weight is 620 g/mol. The summed E-state index contributed by atoms with van der Waals surface area (Å²) in [4.78, 5) is 39.5. The Bertz CT molecular complexity index is 880. The second-order valence-electron chi connectivity index (χ2n) is 5.26. The summed E-state index contributed by atoms with van der Waals surface area (Å²) in [6, 6.07) is 5.03. The molecule has 5 nitrogen and oxygen atoms in total. The molecule has 0 saturated carbocycles. The number of alkyl halides is 2. The zero-order valence-electron chi connectivity index (χ0n) is 15.2. The maximum Gasteiger partial charge on any atom is 0.167 e. The quantitative estimate of drug-likeness (QED) is 0.226. The number of ketones is 3. The van der Waals surface area contributed by atoms with Gasteiger partial charge in [0.15, 0.2) is 21.9 Å². The van der Waals surface area contributed by atoms with Crippen LogP contribution < -0.4 is 0 Å². The van der Waals surface area contributed by atoms with Gasteiger partial charge in [-0.1, -0.05) is 61.6 Å². The van der Waals surface area contributed by atoms with Crippen molar-refractivity contribution in [3.05, 3.63) is 45.1 Å². The van der Waals surface area contributed by atoms with Gasteiger partial charge in [-0.15, -0.1) is 0 Å². The Balaban J connectivity index is 0.000000471. The summed E-state index contributed by atoms with van der Waals surface area (Å²) >= 11 is 20.6. The largest absolute Gasteiger partial charge is 0.299 e. The summed E-state index contributed by atoms with van der Waals surface area (Å²) < 4.78 is 0.433. The van der Waals surface area contributed by atoms with Gasteiger partial charge in [-0.3, -0.25) is 14.4 Å². The minimum absolute atomic E-state index is 0.00694. The first-order chi connectivity index (χ1) is 12.9. The standard InChI is InChI=1S/C10H6Cl2N2O.C4H6Br2O.C4H5BrO/c1-5(15)6-2-3-7-8(4-6)14-10(12)9(11)13-7;1-3(7)4(6)2-5;1-3(5)4(2)6/h2-4H,1H3;4H,2H2,1H3;1H2,2H3. The zero-order chi connectivity index (χ0) is 22.0. The number of Topliss-reactive ketones (excluding diaryl/α,β-unsaturated/α-hetero) is 3. The van der Waals surface area contributed by atoms with E-state index in [0.717, 1.165) is 0 Å². The lowest BCUT2D eigenvalue weighted by atomic mass is 10.1. The van der Waals surface area contributed by atoms with Crippen LogP contribution in [0.5, 0.6) is 0 Å². The molecule has 0 spiro atoms. The molecule has 1 aromatic heterocycles. The number of benzene rings is 1. The van der Waals surface area contributed by atoms with Gasteiger partial charge in [0.2, 0.25) is 0 Å². The number of allylic oxidation sites excluding steroid dienone is 1. The molecule has 1 aromatic carbocycles. The monoisotopic (exact) mass is 616 g/mol. The van der Waals surface area contributed by atoms with Crippen molar-refractivity contribution >= 4 is 99.4 Å². The molecule has 0 bridgehead atoms. The predicted octanol–water partition coefficient (Wildman–Crippen LogP) is 6.36. The van der Waals surface area contributed by atoms with Crippen LogP contribution in [0, 0.1) is 0 Å². The predicted molar refractivity (Wildman–Crippen MR) is 126 cm³/mol. The number of carbonyl (C=O) groups is 3. The van der Waals surface area contributed by atoms with Crippen LogP contribution in [0.25, 0.3) is 11.0 Å². The molecular formula is C18H17Br3Cl2N2O3. The topological polar surface area (TPSA) is 77.0 Å². The minimum Gasteiger partial charge on any atom is -0.299 e. The normalized spacial score (nSPS) is 10.7. The van der Waals surface area contributed by atoms with E-state index in [4.69, 9.17) is 23.2 Å². The van der Waals surface area contributed by atoms with Crippen LogP contribution in [-0.4, -0.2) is 37.5 Å². The fourth-order valence-electron chi connectivity index (χ4n) is 1.34. The summed E-state index contributed by atoms with van der Waals surface area (Å²) in [6.07, 6.45) is 0. The molecule has 0 saturated heterocycles. The van der Waals surface area contributed by atoms with Crippen molar-refractivity contribution in [2.24, 2.45) is 0 Å². The van der Waals surface area contributed by atoms with Gasteiger partial charge < -0.3 is 0 Å². The molecule has 2 rings (SSSR count). The smallest absolute Gasteiger partial charge is 0.167 e. The Morgan fingerprint density at radius 3 is 1.86 bits per heavy atom. The molecule has 28 heavy (non-hydrogen) atoms. The first-order valence-electron chi connectivity index (χ1n) is 7.60. The molecule has 0 aliphatic heterocycles. The van der Waals surface area contributed by atoms with Crippen molar-refractivity contribution in [2.75, 3.05) is 5.33 Å². The van der Waals surface area contributed by atoms with Crippen LogP contribution in [0.3, 0.4) is 0 Å². The van der Waals surface area contributed by atoms with E-state index in [1.165, 1.54) is 13.8 Å². The molecule has 0 aliphatic carbocycles. The molecular weight excluding hydrogens is 603 g/mol. The Hall–Kier alpha value is -0.670. The van der Waals surface area contributed by atoms with Crippen molar-refractivity contribution in [2.45, 2.75) is 25.6 Å². The highest BCUT2D eigenvalue weighted by molar-refractivity contribution is 9.12. The van der Waals surface area contributed by atoms with E-state index in [0.29, 0.717) is 26.4 Å². The molecule has 10 heteroatoms. The molecule has 2 aromatic rings. The highest BCUT2D eigenvalue weighted by atomic mass is 79.9. The van der Waals surface area contributed by atoms with Gasteiger partial charge in [0, 0.05) is 10.9 Å². The number of rotatable bonds is 4. The van der Waals surface area contributed by atoms with E-state index in [1.807, 2.05) is 0 Å². The van der Waals surface area contributed by atoms with Gasteiger partial charge in [0.05, 0.1) is 20.3 Å². The molecule has 1 unspecified atom stereocenters. The highest BCUT2D eigenvalue weighted by Crippen LogP contribution is 2.21. The molecule has 0 radical (unpaired) electrons. The van der Waals surface area contributed by atoms with E-state index in [1.54, 1.807) is 25.1 Å². The number of halogens is 5. The fourth-order valence-corrected chi connectivity index (χ4v) is 2.06. The van der Waals surface area contributed by atoms with Gasteiger partial charge in [-0.25, -0.2) is 9.97 Å². The average Bonchev–Trinajstić information content (AvgIpc) is 2.62. The Morgan fingerprint density at radius 1 is 1.07 bits per heavy atom. The molecule has 0 aliphatic rings. The van der Waals surface area contributed by atoms with Gasteiger partial charge >= 0.3 is 0 Å². The third kappa shape index (κ3) is 10.2. The van der Waals surface area contributed by atoms with Crippen LogP contribution in [0.4, 0.5) is 0 Å². The lowest BCUT2D eigenvalue weighted by Crippen LogP contribution is -2.09. The van der Waals surface area contributed by atoms with E-state index in [-0.39, 0.29) is 32.5 Å². The Morgan fingerprint density at radius 2 is 1.54 bits per heavy atom. The Kier molecular flexibility index (Phi) is 13.2. The lowest BCUT2D eigenvalue weighted by Gasteiger charge is -2.01. The summed E-state index contributed by atoms with van der Waals surface area (Å²) in [5.41, 5.74) is 1.77. The molecule has 152 valence electrons. The second kappa shape index (κ2) is 13.5. The van der Waals surface area contributed by atoms with Gasteiger partial charge in [0.1, 0.15) is 5.78 Å². The number of hydrogen-bond acceptors (Lipinski definition) is 5. The highest BCUT2D eigenvalue weighted by Gasteiger charge is 2.07. The van der Waals surface area contributed by atoms with E-state index in [2.05, 4.69) is 64.3 Å². The summed E-state index contributed by atoms with van der Waals surface area (Å²) in [7, 11) is 0. The number of carbonyl (C=O) groups excluding carboxylic acids is 3. The maximum absolute atomic E-state index is 11.1. The van der Waals surface area contributed by atoms with Crippen LogP contribution in [-0.2, 0) is 9.59 Å². The number of hydrogen-bond donors (Lipinski definition) is 0. The Labute approximate surface area is 198 Å². The third-order valence-electron chi connectivity index (χ3n) is 2.95. The SMILES string of the molecule is C=C(Br)C(C)=O.CC(=O)C(Br)CBr.CC(=O)c1ccc2nc(Cl)c(Cl)nc2c1. The summed E-state index contributed by atoms with van der Waals surface area (Å²) in [6.45, 7) is 7.83. The van der Waals surface area contributed by atoms with Crippen molar-refractivity contribution in [3.63, 3.8) is 0 Å². The van der Waals surface area contributed by atoms with Crippen LogP contribution in [0.2, 0.25) is 10.3 Å². The summed E-state index contributed by atoms with van der Waals surface area (Å²) in [5, 5.41) is 1.01. The first kappa shape index (κ1) is 27.3. The van der Waals surface area contributed by atoms with Crippen molar-refractivity contribution in [1.82, 2.24) is 9.97 Å². The second-order valence-corrected chi connectivity index (χ2v) is 8.68. The van der Waals surface area contributed by atoms with E-state index >= 15 is 0 Å². The molecule has 0 amide bonds. The van der Waals surface area contributed by atoms with Crippen LogP contribution in [0.15, 0.2) is 29.3 Å². The van der Waals surface area contributed by atoms with E-state index < -0.39 is 0 Å². The van der Waals surface area contributed by atoms with Crippen LogP contribution in [0.1, 0.15) is 31.1 Å². The number of nitrogens with zero attached hydrogens (tertiary/aromatic N) is 2. The fraction of sp³-hybridized carbons (Fsp3) is 0.278. The van der Waals surface area contributed by atoms with Gasteiger partial charge in [0.25, 0.3) is 0 Å². The molecule has 1 heterocycles. The first-order valence-corrected chi connectivity index (χ1v) is 11.2. The third-order valence-corrected chi connectivity index (χ3v) is 6.61.